The highest BCUT2D eigenvalue weighted by Gasteiger charge is 2.30. The van der Waals surface area contributed by atoms with Crippen molar-refractivity contribution in [3.63, 3.8) is 0 Å². The highest BCUT2D eigenvalue weighted by atomic mass is 32.1. The lowest BCUT2D eigenvalue weighted by molar-refractivity contribution is 0.298. The van der Waals surface area contributed by atoms with Gasteiger partial charge in [0.2, 0.25) is 0 Å². The van der Waals surface area contributed by atoms with Crippen molar-refractivity contribution in [2.24, 2.45) is 0 Å². The lowest BCUT2D eigenvalue weighted by Gasteiger charge is -2.23. The van der Waals surface area contributed by atoms with Gasteiger partial charge in [-0.05, 0) is 41.4 Å². The molecule has 0 aliphatic carbocycles. The number of benzene rings is 1. The van der Waals surface area contributed by atoms with Gasteiger partial charge in [0.05, 0.1) is 6.61 Å². The van der Waals surface area contributed by atoms with E-state index in [1.807, 2.05) is 6.07 Å². The van der Waals surface area contributed by atoms with E-state index in [1.165, 1.54) is 11.1 Å². The lowest BCUT2D eigenvalue weighted by atomic mass is 9.89. The van der Waals surface area contributed by atoms with Crippen molar-refractivity contribution < 1.29 is 4.74 Å². The Morgan fingerprint density at radius 2 is 2.26 bits per heavy atom. The van der Waals surface area contributed by atoms with Gasteiger partial charge in [-0.25, -0.2) is 0 Å². The molecule has 0 fully saturated rings. The Balaban J connectivity index is 1.81. The van der Waals surface area contributed by atoms with E-state index in [9.17, 15) is 0 Å². The van der Waals surface area contributed by atoms with Crippen LogP contribution >= 0.6 is 11.3 Å². The van der Waals surface area contributed by atoms with Gasteiger partial charge in [-0.15, -0.1) is 0 Å². The first kappa shape index (κ1) is 12.7. The molecule has 0 amide bonds. The third-order valence-corrected chi connectivity index (χ3v) is 4.46. The van der Waals surface area contributed by atoms with Gasteiger partial charge in [0.25, 0.3) is 0 Å². The maximum absolute atomic E-state index is 5.82. The molecule has 1 aromatic heterocycles. The van der Waals surface area contributed by atoms with Gasteiger partial charge in [-0.3, -0.25) is 0 Å². The average molecular weight is 273 g/mol. The van der Waals surface area contributed by atoms with Crippen LogP contribution in [0.5, 0.6) is 5.75 Å². The van der Waals surface area contributed by atoms with Crippen LogP contribution in [0.25, 0.3) is 0 Å². The molecule has 0 saturated heterocycles. The van der Waals surface area contributed by atoms with Gasteiger partial charge >= 0.3 is 0 Å². The molecule has 1 aliphatic heterocycles. The summed E-state index contributed by atoms with van der Waals surface area (Å²) in [4.78, 5) is 0. The van der Waals surface area contributed by atoms with Crippen molar-refractivity contribution in [3.8, 4) is 5.75 Å². The van der Waals surface area contributed by atoms with Gasteiger partial charge in [0.1, 0.15) is 5.75 Å². The molecule has 0 radical (unpaired) electrons. The van der Waals surface area contributed by atoms with Crippen LogP contribution in [-0.2, 0) is 6.42 Å². The van der Waals surface area contributed by atoms with Crippen molar-refractivity contribution in [1.82, 2.24) is 5.32 Å². The van der Waals surface area contributed by atoms with Crippen LogP contribution in [0.3, 0.4) is 0 Å². The fourth-order valence-corrected chi connectivity index (χ4v) is 3.48. The lowest BCUT2D eigenvalue weighted by Crippen LogP contribution is -2.37. The van der Waals surface area contributed by atoms with Crippen molar-refractivity contribution >= 4 is 11.3 Å². The Morgan fingerprint density at radius 3 is 3.05 bits per heavy atom. The van der Waals surface area contributed by atoms with Crippen molar-refractivity contribution in [2.75, 3.05) is 13.2 Å². The van der Waals surface area contributed by atoms with E-state index in [0.717, 1.165) is 25.3 Å². The van der Waals surface area contributed by atoms with Crippen LogP contribution in [0.1, 0.15) is 24.0 Å². The summed E-state index contributed by atoms with van der Waals surface area (Å²) in [6.45, 7) is 3.96. The minimum absolute atomic E-state index is 0.447. The SMILES string of the molecule is CCNC(Cc1ccsc1)C1COc2ccccc21. The Hall–Kier alpha value is -1.32. The molecule has 2 nitrogen and oxygen atoms in total. The number of nitrogens with one attached hydrogen (secondary N) is 1. The first-order valence-corrected chi connectivity index (χ1v) is 7.79. The van der Waals surface area contributed by atoms with Crippen LogP contribution < -0.4 is 10.1 Å². The summed E-state index contributed by atoms with van der Waals surface area (Å²) in [5, 5.41) is 8.02. The second kappa shape index (κ2) is 5.76. The number of likely N-dealkylation sites (N-methyl/N-ethyl adjacent to an activating group) is 1. The van der Waals surface area contributed by atoms with E-state index in [0.29, 0.717) is 12.0 Å². The molecule has 19 heavy (non-hydrogen) atoms. The van der Waals surface area contributed by atoms with E-state index in [1.54, 1.807) is 11.3 Å². The van der Waals surface area contributed by atoms with Gasteiger partial charge in [0, 0.05) is 17.5 Å². The molecule has 1 N–H and O–H groups in total. The summed E-state index contributed by atoms with van der Waals surface area (Å²) < 4.78 is 5.82. The number of hydrogen-bond donors (Lipinski definition) is 1. The minimum Gasteiger partial charge on any atom is -0.493 e. The normalized spacial score (nSPS) is 18.9. The van der Waals surface area contributed by atoms with Crippen molar-refractivity contribution in [3.05, 3.63) is 52.2 Å². The van der Waals surface area contributed by atoms with Crippen molar-refractivity contribution in [1.29, 1.82) is 0 Å². The van der Waals surface area contributed by atoms with Crippen LogP contribution in [0.4, 0.5) is 0 Å². The number of para-hydroxylation sites is 1. The zero-order valence-electron chi connectivity index (χ0n) is 11.1. The molecule has 2 atom stereocenters. The van der Waals surface area contributed by atoms with E-state index in [2.05, 4.69) is 47.3 Å². The molecule has 1 aliphatic rings. The average Bonchev–Trinajstić information content (AvgIpc) is 3.07. The topological polar surface area (TPSA) is 21.3 Å². The fourth-order valence-electron chi connectivity index (χ4n) is 2.80. The van der Waals surface area contributed by atoms with Gasteiger partial charge in [-0.2, -0.15) is 11.3 Å². The Bertz CT molecular complexity index is 523. The van der Waals surface area contributed by atoms with Gasteiger partial charge < -0.3 is 10.1 Å². The largest absolute Gasteiger partial charge is 0.493 e. The molecular weight excluding hydrogens is 254 g/mol. The molecule has 3 rings (SSSR count). The van der Waals surface area contributed by atoms with Gasteiger partial charge in [0.15, 0.2) is 0 Å². The monoisotopic (exact) mass is 273 g/mol. The van der Waals surface area contributed by atoms with E-state index in [-0.39, 0.29) is 0 Å². The summed E-state index contributed by atoms with van der Waals surface area (Å²) in [7, 11) is 0. The molecule has 1 aromatic carbocycles. The number of rotatable bonds is 5. The highest BCUT2D eigenvalue weighted by molar-refractivity contribution is 7.07. The fraction of sp³-hybridized carbons (Fsp3) is 0.375. The molecule has 0 saturated carbocycles. The van der Waals surface area contributed by atoms with Crippen LogP contribution in [0.2, 0.25) is 0 Å². The third-order valence-electron chi connectivity index (χ3n) is 3.72. The maximum Gasteiger partial charge on any atom is 0.122 e. The summed E-state index contributed by atoms with van der Waals surface area (Å²) >= 11 is 1.77. The number of thiophene rings is 1. The second-order valence-electron chi connectivity index (χ2n) is 4.96. The van der Waals surface area contributed by atoms with E-state index in [4.69, 9.17) is 4.74 Å². The number of ether oxygens (including phenoxy) is 1. The summed E-state index contributed by atoms with van der Waals surface area (Å²) in [6.07, 6.45) is 1.07. The minimum atomic E-state index is 0.447. The molecular formula is C16H19NOS. The van der Waals surface area contributed by atoms with Crippen LogP contribution in [0, 0.1) is 0 Å². The first-order chi connectivity index (χ1) is 9.38. The zero-order valence-corrected chi connectivity index (χ0v) is 12.0. The number of hydrogen-bond acceptors (Lipinski definition) is 3. The zero-order chi connectivity index (χ0) is 13.1. The predicted molar refractivity (Wildman–Crippen MR) is 80.2 cm³/mol. The van der Waals surface area contributed by atoms with Crippen molar-refractivity contribution in [2.45, 2.75) is 25.3 Å². The molecule has 2 unspecified atom stereocenters. The van der Waals surface area contributed by atoms with Crippen LogP contribution in [-0.4, -0.2) is 19.2 Å². The van der Waals surface area contributed by atoms with Gasteiger partial charge in [-0.1, -0.05) is 25.1 Å². The quantitative estimate of drug-likeness (QED) is 0.901. The third kappa shape index (κ3) is 2.67. The Labute approximate surface area is 118 Å². The smallest absolute Gasteiger partial charge is 0.122 e. The number of fused-ring (bicyclic) bond motifs is 1. The molecule has 0 bridgehead atoms. The van der Waals surface area contributed by atoms with Crippen LogP contribution in [0.15, 0.2) is 41.1 Å². The molecule has 2 heterocycles. The van der Waals surface area contributed by atoms with E-state index >= 15 is 0 Å². The molecule has 3 heteroatoms. The standard InChI is InChI=1S/C16H19NOS/c1-2-17-15(9-12-7-8-19-11-12)14-10-18-16-6-4-3-5-13(14)16/h3-8,11,14-15,17H,2,9-10H2,1H3. The highest BCUT2D eigenvalue weighted by Crippen LogP contribution is 2.36. The Kier molecular flexibility index (Phi) is 3.85. The molecule has 100 valence electrons. The summed E-state index contributed by atoms with van der Waals surface area (Å²) in [5.74, 6) is 1.51. The molecule has 2 aromatic rings. The predicted octanol–water partition coefficient (Wildman–Crippen LogP) is 3.44. The summed E-state index contributed by atoms with van der Waals surface area (Å²) in [5.41, 5.74) is 2.77. The molecule has 0 spiro atoms. The Morgan fingerprint density at radius 1 is 1.37 bits per heavy atom. The maximum atomic E-state index is 5.82. The summed E-state index contributed by atoms with van der Waals surface area (Å²) in [6, 6.07) is 11.1. The first-order valence-electron chi connectivity index (χ1n) is 6.84. The van der Waals surface area contributed by atoms with E-state index < -0.39 is 0 Å². The second-order valence-corrected chi connectivity index (χ2v) is 5.74.